The Kier molecular flexibility index (Phi) is 3.79. The van der Waals surface area contributed by atoms with E-state index in [0.29, 0.717) is 6.61 Å². The van der Waals surface area contributed by atoms with Crippen molar-refractivity contribution in [1.82, 2.24) is 9.78 Å². The number of benzene rings is 1. The molecular weight excluding hydrogens is 256 g/mol. The standard InChI is InChI=1S/C15H18N2O3/c1-15(2,3)17-13(14(18)19)12(9-16-17)20-10-11-7-5-4-6-8-11/h4-9H,10H2,1-3H3,(H,18,19). The van der Waals surface area contributed by atoms with Gasteiger partial charge < -0.3 is 9.84 Å². The summed E-state index contributed by atoms with van der Waals surface area (Å²) < 4.78 is 7.06. The molecule has 0 aliphatic heterocycles. The van der Waals surface area contributed by atoms with Gasteiger partial charge in [-0.05, 0) is 26.3 Å². The molecule has 2 aromatic rings. The van der Waals surface area contributed by atoms with Gasteiger partial charge in [0.2, 0.25) is 0 Å². The highest BCUT2D eigenvalue weighted by Gasteiger charge is 2.26. The molecule has 0 fully saturated rings. The molecule has 20 heavy (non-hydrogen) atoms. The highest BCUT2D eigenvalue weighted by molar-refractivity contribution is 5.88. The molecule has 2 rings (SSSR count). The van der Waals surface area contributed by atoms with Crippen LogP contribution in [-0.2, 0) is 12.1 Å². The van der Waals surface area contributed by atoms with E-state index in [9.17, 15) is 9.90 Å². The van der Waals surface area contributed by atoms with Crippen LogP contribution >= 0.6 is 0 Å². The molecule has 0 bridgehead atoms. The van der Waals surface area contributed by atoms with Crippen molar-refractivity contribution in [3.05, 3.63) is 47.8 Å². The number of ether oxygens (including phenoxy) is 1. The molecule has 0 spiro atoms. The lowest BCUT2D eigenvalue weighted by molar-refractivity contribution is 0.0669. The third kappa shape index (κ3) is 2.99. The summed E-state index contributed by atoms with van der Waals surface area (Å²) >= 11 is 0. The van der Waals surface area contributed by atoms with Gasteiger partial charge in [-0.15, -0.1) is 0 Å². The van der Waals surface area contributed by atoms with E-state index < -0.39 is 11.5 Å². The van der Waals surface area contributed by atoms with Crippen molar-refractivity contribution >= 4 is 5.97 Å². The molecule has 0 aliphatic rings. The van der Waals surface area contributed by atoms with E-state index in [4.69, 9.17) is 4.74 Å². The van der Waals surface area contributed by atoms with Crippen LogP contribution in [0.15, 0.2) is 36.5 Å². The normalized spacial score (nSPS) is 11.3. The Labute approximate surface area is 117 Å². The summed E-state index contributed by atoms with van der Waals surface area (Å²) in [6, 6.07) is 9.60. The molecule has 0 saturated carbocycles. The first-order chi connectivity index (χ1) is 9.39. The summed E-state index contributed by atoms with van der Waals surface area (Å²) in [5.41, 5.74) is 0.642. The Morgan fingerprint density at radius 3 is 2.50 bits per heavy atom. The molecule has 0 unspecified atom stereocenters. The quantitative estimate of drug-likeness (QED) is 0.931. The number of aromatic nitrogens is 2. The van der Waals surface area contributed by atoms with Crippen LogP contribution in [0.2, 0.25) is 0 Å². The first-order valence-corrected chi connectivity index (χ1v) is 6.38. The number of hydrogen-bond acceptors (Lipinski definition) is 3. The molecule has 1 heterocycles. The minimum Gasteiger partial charge on any atom is -0.485 e. The summed E-state index contributed by atoms with van der Waals surface area (Å²) in [4.78, 5) is 11.4. The molecule has 5 nitrogen and oxygen atoms in total. The van der Waals surface area contributed by atoms with Crippen molar-refractivity contribution in [2.75, 3.05) is 0 Å². The number of aromatic carboxylic acids is 1. The number of rotatable bonds is 4. The molecule has 1 aromatic carbocycles. The Morgan fingerprint density at radius 2 is 1.95 bits per heavy atom. The second-order valence-corrected chi connectivity index (χ2v) is 5.52. The molecule has 5 heteroatoms. The molecule has 0 aliphatic carbocycles. The van der Waals surface area contributed by atoms with Gasteiger partial charge in [-0.25, -0.2) is 9.48 Å². The van der Waals surface area contributed by atoms with Crippen molar-refractivity contribution in [1.29, 1.82) is 0 Å². The molecular formula is C15H18N2O3. The summed E-state index contributed by atoms with van der Waals surface area (Å²) in [6.07, 6.45) is 1.46. The predicted molar refractivity (Wildman–Crippen MR) is 75.0 cm³/mol. The second-order valence-electron chi connectivity index (χ2n) is 5.52. The Morgan fingerprint density at radius 1 is 1.30 bits per heavy atom. The fourth-order valence-corrected chi connectivity index (χ4v) is 1.88. The smallest absolute Gasteiger partial charge is 0.358 e. The molecule has 0 amide bonds. The van der Waals surface area contributed by atoms with Gasteiger partial charge in [-0.1, -0.05) is 30.3 Å². The minimum absolute atomic E-state index is 0.0773. The highest BCUT2D eigenvalue weighted by Crippen LogP contribution is 2.25. The van der Waals surface area contributed by atoms with E-state index in [2.05, 4.69) is 5.10 Å². The monoisotopic (exact) mass is 274 g/mol. The average molecular weight is 274 g/mol. The maximum atomic E-state index is 11.4. The van der Waals surface area contributed by atoms with E-state index in [-0.39, 0.29) is 11.4 Å². The Hall–Kier alpha value is -2.30. The summed E-state index contributed by atoms with van der Waals surface area (Å²) in [7, 11) is 0. The minimum atomic E-state index is -1.04. The SMILES string of the molecule is CC(C)(C)n1ncc(OCc2ccccc2)c1C(=O)O. The molecule has 0 atom stereocenters. The topological polar surface area (TPSA) is 64.4 Å². The summed E-state index contributed by atoms with van der Waals surface area (Å²) in [6.45, 7) is 6.01. The zero-order valence-electron chi connectivity index (χ0n) is 11.8. The van der Waals surface area contributed by atoms with Crippen LogP contribution in [0.3, 0.4) is 0 Å². The molecule has 0 radical (unpaired) electrons. The van der Waals surface area contributed by atoms with Crippen LogP contribution < -0.4 is 4.74 Å². The Bertz CT molecular complexity index is 597. The summed E-state index contributed by atoms with van der Waals surface area (Å²) in [5.74, 6) is -0.753. The van der Waals surface area contributed by atoms with Gasteiger partial charge in [-0.3, -0.25) is 0 Å². The van der Waals surface area contributed by atoms with Crippen molar-refractivity contribution in [3.8, 4) is 5.75 Å². The van der Waals surface area contributed by atoms with Crippen molar-refractivity contribution in [3.63, 3.8) is 0 Å². The highest BCUT2D eigenvalue weighted by atomic mass is 16.5. The first-order valence-electron chi connectivity index (χ1n) is 6.38. The van der Waals surface area contributed by atoms with Gasteiger partial charge in [0.15, 0.2) is 11.4 Å². The molecule has 1 N–H and O–H groups in total. The third-order valence-corrected chi connectivity index (χ3v) is 2.81. The predicted octanol–water partition coefficient (Wildman–Crippen LogP) is 2.92. The largest absolute Gasteiger partial charge is 0.485 e. The van der Waals surface area contributed by atoms with Crippen molar-refractivity contribution < 1.29 is 14.6 Å². The van der Waals surface area contributed by atoms with E-state index in [1.54, 1.807) is 0 Å². The lowest BCUT2D eigenvalue weighted by atomic mass is 10.1. The van der Waals surface area contributed by atoms with Gasteiger partial charge >= 0.3 is 5.97 Å². The van der Waals surface area contributed by atoms with Crippen LogP contribution in [0.4, 0.5) is 0 Å². The van der Waals surface area contributed by atoms with Crippen LogP contribution in [0.5, 0.6) is 5.75 Å². The van der Waals surface area contributed by atoms with Gasteiger partial charge in [0.25, 0.3) is 0 Å². The lowest BCUT2D eigenvalue weighted by Crippen LogP contribution is -2.27. The zero-order chi connectivity index (χ0) is 14.8. The summed E-state index contributed by atoms with van der Waals surface area (Å²) in [5, 5.41) is 13.5. The maximum Gasteiger partial charge on any atom is 0.358 e. The second kappa shape index (κ2) is 5.36. The lowest BCUT2D eigenvalue weighted by Gasteiger charge is -2.21. The van der Waals surface area contributed by atoms with Gasteiger partial charge in [0.1, 0.15) is 6.61 Å². The van der Waals surface area contributed by atoms with Crippen LogP contribution in [0, 0.1) is 0 Å². The van der Waals surface area contributed by atoms with Crippen LogP contribution in [-0.4, -0.2) is 20.9 Å². The van der Waals surface area contributed by atoms with Crippen LogP contribution in [0.25, 0.3) is 0 Å². The fourth-order valence-electron chi connectivity index (χ4n) is 1.88. The fraction of sp³-hybridized carbons (Fsp3) is 0.333. The number of carbonyl (C=O) groups is 1. The van der Waals surface area contributed by atoms with Gasteiger partial charge in [0.05, 0.1) is 11.7 Å². The van der Waals surface area contributed by atoms with E-state index in [1.165, 1.54) is 10.9 Å². The molecule has 106 valence electrons. The zero-order valence-corrected chi connectivity index (χ0v) is 11.8. The maximum absolute atomic E-state index is 11.4. The number of carboxylic acids is 1. The molecule has 1 aromatic heterocycles. The van der Waals surface area contributed by atoms with Crippen molar-refractivity contribution in [2.24, 2.45) is 0 Å². The molecule has 0 saturated heterocycles. The van der Waals surface area contributed by atoms with E-state index >= 15 is 0 Å². The Balaban J connectivity index is 2.24. The van der Waals surface area contributed by atoms with E-state index in [1.807, 2.05) is 51.1 Å². The number of nitrogens with zero attached hydrogens (tertiary/aromatic N) is 2. The van der Waals surface area contributed by atoms with Crippen molar-refractivity contribution in [2.45, 2.75) is 32.9 Å². The average Bonchev–Trinajstić information content (AvgIpc) is 2.81. The van der Waals surface area contributed by atoms with E-state index in [0.717, 1.165) is 5.56 Å². The van der Waals surface area contributed by atoms with Gasteiger partial charge in [-0.2, -0.15) is 5.10 Å². The van der Waals surface area contributed by atoms with Crippen LogP contribution in [0.1, 0.15) is 36.8 Å². The number of carboxylic acid groups (broad SMARTS) is 1. The van der Waals surface area contributed by atoms with Gasteiger partial charge in [0, 0.05) is 0 Å². The third-order valence-electron chi connectivity index (χ3n) is 2.81. The number of hydrogen-bond donors (Lipinski definition) is 1. The first kappa shape index (κ1) is 14.1.